The fourth-order valence-corrected chi connectivity index (χ4v) is 3.26. The third kappa shape index (κ3) is 5.12. The number of carbonyl (C=O) groups excluding carboxylic acids is 1. The second-order valence-electron chi connectivity index (χ2n) is 6.95. The van der Waals surface area contributed by atoms with Crippen molar-refractivity contribution in [2.75, 3.05) is 18.2 Å². The van der Waals surface area contributed by atoms with Gasteiger partial charge >= 0.3 is 6.36 Å². The number of nitrogens with zero attached hydrogens (tertiary/aromatic N) is 2. The van der Waals surface area contributed by atoms with Crippen LogP contribution in [0, 0.1) is 0 Å². The Hall–Kier alpha value is -4.34. The van der Waals surface area contributed by atoms with Crippen molar-refractivity contribution >= 4 is 28.4 Å². The number of ether oxygens (including phenoxy) is 2. The number of hydrogen-bond donors (Lipinski definition) is 2. The molecule has 3 N–H and O–H groups in total. The first-order chi connectivity index (χ1) is 15.7. The molecule has 1 aromatic heterocycles. The number of nitrogens with two attached hydrogens (primary N) is 1. The van der Waals surface area contributed by atoms with Gasteiger partial charge in [-0.15, -0.1) is 13.2 Å². The SMILES string of the molecule is COc1ccc(-c2ccc3nc(N)ncc3c2)cc1C(=O)Nc1cccc(OC(F)(F)F)c1. The molecule has 0 bridgehead atoms. The molecule has 0 aliphatic rings. The number of amides is 1. The van der Waals surface area contributed by atoms with E-state index in [0.29, 0.717) is 16.8 Å². The van der Waals surface area contributed by atoms with Gasteiger partial charge in [-0.3, -0.25) is 4.79 Å². The van der Waals surface area contributed by atoms with Crippen LogP contribution >= 0.6 is 0 Å². The number of rotatable bonds is 5. The Kier molecular flexibility index (Phi) is 5.74. The Morgan fingerprint density at radius 2 is 1.79 bits per heavy atom. The number of methoxy groups -OCH3 is 1. The molecule has 0 radical (unpaired) electrons. The van der Waals surface area contributed by atoms with Crippen LogP contribution in [-0.4, -0.2) is 29.3 Å². The third-order valence-electron chi connectivity index (χ3n) is 4.70. The number of nitrogens with one attached hydrogen (secondary N) is 1. The number of hydrogen-bond acceptors (Lipinski definition) is 6. The van der Waals surface area contributed by atoms with Crippen molar-refractivity contribution in [2.24, 2.45) is 0 Å². The lowest BCUT2D eigenvalue weighted by molar-refractivity contribution is -0.274. The normalized spacial score (nSPS) is 11.3. The molecule has 0 saturated carbocycles. The van der Waals surface area contributed by atoms with Gasteiger partial charge in [-0.2, -0.15) is 0 Å². The van der Waals surface area contributed by atoms with E-state index >= 15 is 0 Å². The predicted molar refractivity (Wildman–Crippen MR) is 117 cm³/mol. The molecule has 0 fully saturated rings. The van der Waals surface area contributed by atoms with E-state index in [4.69, 9.17) is 10.5 Å². The number of carbonyl (C=O) groups is 1. The zero-order valence-corrected chi connectivity index (χ0v) is 17.2. The van der Waals surface area contributed by atoms with Gasteiger partial charge in [0.1, 0.15) is 11.5 Å². The summed E-state index contributed by atoms with van der Waals surface area (Å²) in [6, 6.07) is 15.5. The molecule has 33 heavy (non-hydrogen) atoms. The van der Waals surface area contributed by atoms with Crippen LogP contribution in [0.2, 0.25) is 0 Å². The summed E-state index contributed by atoms with van der Waals surface area (Å²) >= 11 is 0. The molecule has 0 spiro atoms. The molecule has 7 nitrogen and oxygen atoms in total. The van der Waals surface area contributed by atoms with Gasteiger partial charge in [0.25, 0.3) is 5.91 Å². The summed E-state index contributed by atoms with van der Waals surface area (Å²) in [5.74, 6) is -0.533. The standard InChI is InChI=1S/C23H17F3N4O3/c1-32-20-8-6-14(13-5-7-19-15(9-13)12-28-22(27)30-19)10-18(20)21(31)29-16-3-2-4-17(11-16)33-23(24,25)26/h2-12H,1H3,(H,29,31)(H2,27,28,30). The smallest absolute Gasteiger partial charge is 0.496 e. The van der Waals surface area contributed by atoms with E-state index in [2.05, 4.69) is 20.0 Å². The van der Waals surface area contributed by atoms with Crippen molar-refractivity contribution < 1.29 is 27.4 Å². The number of benzene rings is 3. The maximum absolute atomic E-state index is 12.9. The second kappa shape index (κ2) is 8.65. The minimum absolute atomic E-state index is 0.134. The third-order valence-corrected chi connectivity index (χ3v) is 4.70. The highest BCUT2D eigenvalue weighted by Gasteiger charge is 2.31. The molecule has 4 rings (SSSR count). The fourth-order valence-electron chi connectivity index (χ4n) is 3.26. The number of anilines is 2. The number of fused-ring (bicyclic) bond motifs is 1. The average Bonchev–Trinajstić information content (AvgIpc) is 2.77. The van der Waals surface area contributed by atoms with Crippen LogP contribution in [0.4, 0.5) is 24.8 Å². The summed E-state index contributed by atoms with van der Waals surface area (Å²) in [5, 5.41) is 3.34. The van der Waals surface area contributed by atoms with Gasteiger partial charge in [-0.05, 0) is 47.5 Å². The fraction of sp³-hybridized carbons (Fsp3) is 0.0870. The lowest BCUT2D eigenvalue weighted by Gasteiger charge is -2.13. The zero-order chi connectivity index (χ0) is 23.6. The monoisotopic (exact) mass is 454 g/mol. The summed E-state index contributed by atoms with van der Waals surface area (Å²) < 4.78 is 46.6. The number of nitrogen functional groups attached to an aromatic ring is 1. The molecule has 4 aromatic rings. The molecule has 168 valence electrons. The minimum atomic E-state index is -4.84. The minimum Gasteiger partial charge on any atom is -0.496 e. The van der Waals surface area contributed by atoms with E-state index in [1.54, 1.807) is 30.5 Å². The number of halogens is 3. The highest BCUT2D eigenvalue weighted by Crippen LogP contribution is 2.30. The lowest BCUT2D eigenvalue weighted by atomic mass is 10.0. The van der Waals surface area contributed by atoms with E-state index < -0.39 is 18.0 Å². The van der Waals surface area contributed by atoms with Crippen LogP contribution in [0.3, 0.4) is 0 Å². The van der Waals surface area contributed by atoms with Crippen LogP contribution in [0.5, 0.6) is 11.5 Å². The summed E-state index contributed by atoms with van der Waals surface area (Å²) in [5.41, 5.74) is 8.15. The molecule has 3 aromatic carbocycles. The molecular formula is C23H17F3N4O3. The van der Waals surface area contributed by atoms with Gasteiger partial charge in [-0.25, -0.2) is 9.97 Å². The van der Waals surface area contributed by atoms with Gasteiger partial charge in [0.2, 0.25) is 5.95 Å². The Morgan fingerprint density at radius 3 is 2.55 bits per heavy atom. The van der Waals surface area contributed by atoms with Gasteiger partial charge in [0, 0.05) is 23.3 Å². The summed E-state index contributed by atoms with van der Waals surface area (Å²) in [6.45, 7) is 0. The quantitative estimate of drug-likeness (QED) is 0.438. The Bertz CT molecular complexity index is 1340. The predicted octanol–water partition coefficient (Wildman–Crippen LogP) is 5.04. The Balaban J connectivity index is 1.64. The lowest BCUT2D eigenvalue weighted by Crippen LogP contribution is -2.17. The first kappa shape index (κ1) is 21.9. The van der Waals surface area contributed by atoms with Crippen molar-refractivity contribution in [2.45, 2.75) is 6.36 Å². The van der Waals surface area contributed by atoms with Gasteiger partial charge in [-0.1, -0.05) is 18.2 Å². The van der Waals surface area contributed by atoms with Crippen molar-refractivity contribution in [1.29, 1.82) is 0 Å². The van der Waals surface area contributed by atoms with Crippen LogP contribution in [0.25, 0.3) is 22.0 Å². The van der Waals surface area contributed by atoms with Gasteiger partial charge < -0.3 is 20.5 Å². The van der Waals surface area contributed by atoms with Crippen molar-refractivity contribution in [3.05, 3.63) is 72.4 Å². The van der Waals surface area contributed by atoms with Crippen LogP contribution < -0.4 is 20.5 Å². The molecule has 1 amide bonds. The summed E-state index contributed by atoms with van der Waals surface area (Å²) in [6.07, 6.45) is -3.23. The largest absolute Gasteiger partial charge is 0.573 e. The Labute approximate surface area is 186 Å². The summed E-state index contributed by atoms with van der Waals surface area (Å²) in [7, 11) is 1.42. The molecule has 0 unspecified atom stereocenters. The molecule has 0 aliphatic carbocycles. The van der Waals surface area contributed by atoms with E-state index in [1.807, 2.05) is 12.1 Å². The molecule has 10 heteroatoms. The molecular weight excluding hydrogens is 437 g/mol. The van der Waals surface area contributed by atoms with E-state index in [9.17, 15) is 18.0 Å². The molecule has 1 heterocycles. The van der Waals surface area contributed by atoms with Crippen molar-refractivity contribution in [3.8, 4) is 22.6 Å². The highest BCUT2D eigenvalue weighted by atomic mass is 19.4. The van der Waals surface area contributed by atoms with Gasteiger partial charge in [0.05, 0.1) is 18.2 Å². The molecule has 0 aliphatic heterocycles. The number of aromatic nitrogens is 2. The number of alkyl halides is 3. The molecule has 0 atom stereocenters. The van der Waals surface area contributed by atoms with Crippen LogP contribution in [-0.2, 0) is 0 Å². The van der Waals surface area contributed by atoms with E-state index in [0.717, 1.165) is 23.1 Å². The maximum Gasteiger partial charge on any atom is 0.573 e. The van der Waals surface area contributed by atoms with E-state index in [1.165, 1.54) is 19.2 Å². The maximum atomic E-state index is 12.9. The van der Waals surface area contributed by atoms with Crippen LogP contribution in [0.15, 0.2) is 66.9 Å². The van der Waals surface area contributed by atoms with E-state index in [-0.39, 0.29) is 17.2 Å². The first-order valence-electron chi connectivity index (χ1n) is 9.60. The van der Waals surface area contributed by atoms with Crippen LogP contribution in [0.1, 0.15) is 10.4 Å². The zero-order valence-electron chi connectivity index (χ0n) is 17.2. The topological polar surface area (TPSA) is 99.4 Å². The first-order valence-corrected chi connectivity index (χ1v) is 9.60. The molecule has 0 saturated heterocycles. The van der Waals surface area contributed by atoms with Gasteiger partial charge in [0.15, 0.2) is 0 Å². The Morgan fingerprint density at radius 1 is 1.03 bits per heavy atom. The average molecular weight is 454 g/mol. The van der Waals surface area contributed by atoms with Crippen molar-refractivity contribution in [3.63, 3.8) is 0 Å². The second-order valence-corrected chi connectivity index (χ2v) is 6.95. The van der Waals surface area contributed by atoms with Crippen molar-refractivity contribution in [1.82, 2.24) is 9.97 Å². The highest BCUT2D eigenvalue weighted by molar-refractivity contribution is 6.07. The summed E-state index contributed by atoms with van der Waals surface area (Å²) in [4.78, 5) is 21.1.